The van der Waals surface area contributed by atoms with E-state index in [4.69, 9.17) is 5.10 Å². The average Bonchev–Trinajstić information content (AvgIpc) is 3.28. The largest absolute Gasteiger partial charge is 0.323 e. The van der Waals surface area contributed by atoms with Crippen LogP contribution in [0.3, 0.4) is 0 Å². The fourth-order valence-corrected chi connectivity index (χ4v) is 3.27. The number of benzene rings is 2. The van der Waals surface area contributed by atoms with Gasteiger partial charge in [0, 0.05) is 35.3 Å². The van der Waals surface area contributed by atoms with Gasteiger partial charge in [0.05, 0.1) is 5.69 Å². The molecule has 2 aromatic carbocycles. The summed E-state index contributed by atoms with van der Waals surface area (Å²) in [6.45, 7) is 0. The van der Waals surface area contributed by atoms with E-state index in [0.29, 0.717) is 17.2 Å². The van der Waals surface area contributed by atoms with Crippen molar-refractivity contribution in [2.45, 2.75) is 0 Å². The van der Waals surface area contributed by atoms with Gasteiger partial charge >= 0.3 is 0 Å². The number of nitrogens with one attached hydrogen (secondary N) is 1. The number of carbonyl (C=O) groups excluding carboxylic acids is 1. The summed E-state index contributed by atoms with van der Waals surface area (Å²) in [4.78, 5) is 16.2. The number of hydrogen-bond acceptors (Lipinski definition) is 5. The third-order valence-corrected chi connectivity index (χ3v) is 4.88. The summed E-state index contributed by atoms with van der Waals surface area (Å²) in [6.07, 6.45) is 6.72. The number of anilines is 1. The molecule has 5 aromatic rings. The molecule has 1 N–H and O–H groups in total. The van der Waals surface area contributed by atoms with Crippen LogP contribution in [0.1, 0.15) is 5.56 Å². The Balaban J connectivity index is 1.34. The molecule has 0 saturated heterocycles. The fourth-order valence-electron chi connectivity index (χ4n) is 3.27. The molecule has 0 unspecified atom stereocenters. The highest BCUT2D eigenvalue weighted by Gasteiger charge is 2.11. The maximum atomic E-state index is 12.2. The molecule has 0 atom stereocenters. The first kappa shape index (κ1) is 19.3. The maximum Gasteiger partial charge on any atom is 0.248 e. The molecule has 32 heavy (non-hydrogen) atoms. The molecule has 0 aliphatic rings. The van der Waals surface area contributed by atoms with E-state index in [-0.39, 0.29) is 5.91 Å². The van der Waals surface area contributed by atoms with Crippen molar-refractivity contribution in [2.75, 3.05) is 5.32 Å². The number of amides is 1. The van der Waals surface area contributed by atoms with Crippen molar-refractivity contribution in [2.24, 2.45) is 0 Å². The van der Waals surface area contributed by atoms with E-state index in [1.54, 1.807) is 23.0 Å². The summed E-state index contributed by atoms with van der Waals surface area (Å²) in [7, 11) is 0. The van der Waals surface area contributed by atoms with E-state index < -0.39 is 0 Å². The number of pyridine rings is 1. The number of carbonyl (C=O) groups is 1. The molecule has 3 aromatic heterocycles. The molecule has 0 bridgehead atoms. The van der Waals surface area contributed by atoms with Gasteiger partial charge in [-0.25, -0.2) is 0 Å². The lowest BCUT2D eigenvalue weighted by Gasteiger charge is -2.06. The van der Waals surface area contributed by atoms with Crippen molar-refractivity contribution in [3.8, 4) is 22.6 Å². The smallest absolute Gasteiger partial charge is 0.248 e. The summed E-state index contributed by atoms with van der Waals surface area (Å²) in [6, 6.07) is 24.7. The van der Waals surface area contributed by atoms with Crippen LogP contribution in [0.2, 0.25) is 0 Å². The summed E-state index contributed by atoms with van der Waals surface area (Å²) in [5.74, 6) is 0.464. The third-order valence-electron chi connectivity index (χ3n) is 4.88. The number of nitrogens with zero attached hydrogens (tertiary/aromatic N) is 5. The molecule has 0 saturated carbocycles. The Hall–Kier alpha value is -4.65. The molecule has 7 heteroatoms. The van der Waals surface area contributed by atoms with Gasteiger partial charge in [-0.3, -0.25) is 9.78 Å². The van der Waals surface area contributed by atoms with Crippen LogP contribution in [0.4, 0.5) is 5.69 Å². The zero-order valence-electron chi connectivity index (χ0n) is 17.0. The van der Waals surface area contributed by atoms with Gasteiger partial charge in [-0.1, -0.05) is 42.5 Å². The lowest BCUT2D eigenvalue weighted by Crippen LogP contribution is -2.07. The van der Waals surface area contributed by atoms with E-state index in [2.05, 4.69) is 20.5 Å². The summed E-state index contributed by atoms with van der Waals surface area (Å²) >= 11 is 0. The molecule has 0 spiro atoms. The van der Waals surface area contributed by atoms with Gasteiger partial charge in [-0.15, -0.1) is 10.2 Å². The minimum absolute atomic E-state index is 0.187. The number of fused-ring (bicyclic) bond motifs is 1. The first-order valence-electron chi connectivity index (χ1n) is 10.0. The molecule has 7 nitrogen and oxygen atoms in total. The third kappa shape index (κ3) is 4.13. The van der Waals surface area contributed by atoms with Gasteiger partial charge in [0.1, 0.15) is 0 Å². The summed E-state index contributed by atoms with van der Waals surface area (Å²) in [5, 5.41) is 16.0. The SMILES string of the molecule is O=C(/C=C/c1ccccc1)Nc1ccc(-c2ccc3nnc(-c4ccncc4)n3n2)cc1. The predicted molar refractivity (Wildman–Crippen MR) is 124 cm³/mol. The first-order valence-corrected chi connectivity index (χ1v) is 10.0. The highest BCUT2D eigenvalue weighted by Crippen LogP contribution is 2.22. The van der Waals surface area contributed by atoms with E-state index in [0.717, 1.165) is 22.4 Å². The van der Waals surface area contributed by atoms with Gasteiger partial charge < -0.3 is 5.32 Å². The van der Waals surface area contributed by atoms with Crippen molar-refractivity contribution < 1.29 is 4.79 Å². The summed E-state index contributed by atoms with van der Waals surface area (Å²) < 4.78 is 1.72. The van der Waals surface area contributed by atoms with Crippen LogP contribution in [-0.4, -0.2) is 30.7 Å². The van der Waals surface area contributed by atoms with E-state index in [9.17, 15) is 4.79 Å². The minimum Gasteiger partial charge on any atom is -0.323 e. The van der Waals surface area contributed by atoms with Crippen LogP contribution in [0.5, 0.6) is 0 Å². The van der Waals surface area contributed by atoms with Crippen molar-refractivity contribution in [1.82, 2.24) is 24.8 Å². The molecule has 0 fully saturated rings. The maximum absolute atomic E-state index is 12.2. The fraction of sp³-hybridized carbons (Fsp3) is 0. The van der Waals surface area contributed by atoms with Gasteiger partial charge in [-0.2, -0.15) is 9.61 Å². The Morgan fingerprint density at radius 2 is 1.59 bits per heavy atom. The first-order chi connectivity index (χ1) is 15.8. The Labute approximate surface area is 184 Å². The van der Waals surface area contributed by atoms with Crippen LogP contribution in [0.15, 0.2) is 97.3 Å². The zero-order valence-corrected chi connectivity index (χ0v) is 17.0. The van der Waals surface area contributed by atoms with Crippen LogP contribution >= 0.6 is 0 Å². The number of aromatic nitrogens is 5. The van der Waals surface area contributed by atoms with Gasteiger partial charge in [0.25, 0.3) is 0 Å². The second-order valence-corrected chi connectivity index (χ2v) is 7.06. The molecular weight excluding hydrogens is 400 g/mol. The summed E-state index contributed by atoms with van der Waals surface area (Å²) in [5.41, 5.74) is 4.92. The van der Waals surface area contributed by atoms with E-state index in [1.165, 1.54) is 6.08 Å². The van der Waals surface area contributed by atoms with Gasteiger partial charge in [-0.05, 0) is 48.0 Å². The molecule has 0 aliphatic heterocycles. The van der Waals surface area contributed by atoms with Crippen molar-refractivity contribution >= 4 is 23.3 Å². The van der Waals surface area contributed by atoms with Crippen molar-refractivity contribution in [1.29, 1.82) is 0 Å². The number of rotatable bonds is 5. The topological polar surface area (TPSA) is 85.1 Å². The minimum atomic E-state index is -0.187. The molecule has 5 rings (SSSR count). The monoisotopic (exact) mass is 418 g/mol. The van der Waals surface area contributed by atoms with Gasteiger partial charge in [0.2, 0.25) is 5.91 Å². The Bertz CT molecular complexity index is 1390. The van der Waals surface area contributed by atoms with Crippen LogP contribution in [0, 0.1) is 0 Å². The molecule has 1 amide bonds. The molecule has 3 heterocycles. The Kier molecular flexibility index (Phi) is 5.20. The second kappa shape index (κ2) is 8.61. The van der Waals surface area contributed by atoms with Crippen LogP contribution in [0.25, 0.3) is 34.4 Å². The van der Waals surface area contributed by atoms with E-state index in [1.807, 2.05) is 78.9 Å². The lowest BCUT2D eigenvalue weighted by atomic mass is 10.1. The zero-order chi connectivity index (χ0) is 21.8. The molecular formula is C25H18N6O. The Morgan fingerprint density at radius 1 is 0.812 bits per heavy atom. The van der Waals surface area contributed by atoms with Crippen molar-refractivity contribution in [3.63, 3.8) is 0 Å². The normalized spacial score (nSPS) is 11.1. The van der Waals surface area contributed by atoms with E-state index >= 15 is 0 Å². The van der Waals surface area contributed by atoms with Crippen LogP contribution in [-0.2, 0) is 4.79 Å². The highest BCUT2D eigenvalue weighted by atomic mass is 16.1. The molecule has 0 radical (unpaired) electrons. The van der Waals surface area contributed by atoms with Crippen molar-refractivity contribution in [3.05, 3.63) is 103 Å². The Morgan fingerprint density at radius 3 is 2.38 bits per heavy atom. The quantitative estimate of drug-likeness (QED) is 0.425. The van der Waals surface area contributed by atoms with Gasteiger partial charge in [0.15, 0.2) is 11.5 Å². The highest BCUT2D eigenvalue weighted by molar-refractivity contribution is 6.02. The second-order valence-electron chi connectivity index (χ2n) is 7.06. The molecule has 154 valence electrons. The van der Waals surface area contributed by atoms with Crippen LogP contribution < -0.4 is 5.32 Å². The lowest BCUT2D eigenvalue weighted by molar-refractivity contribution is -0.111. The predicted octanol–water partition coefficient (Wildman–Crippen LogP) is 4.51. The standard InChI is InChI=1S/C25H18N6O/c32-24(13-6-18-4-2-1-3-5-18)27-21-9-7-19(8-10-21)22-11-12-23-28-29-25(31(23)30-22)20-14-16-26-17-15-20/h1-17H,(H,27,32)/b13-6+. The molecule has 0 aliphatic carbocycles. The number of hydrogen-bond donors (Lipinski definition) is 1. The average molecular weight is 418 g/mol.